The van der Waals surface area contributed by atoms with Gasteiger partial charge in [-0.25, -0.2) is 4.79 Å². The summed E-state index contributed by atoms with van der Waals surface area (Å²) in [7, 11) is 0.962. The fraction of sp³-hybridized carbons (Fsp3) is 0.333. The van der Waals surface area contributed by atoms with Gasteiger partial charge in [-0.2, -0.15) is 30.7 Å². The van der Waals surface area contributed by atoms with Gasteiger partial charge in [-0.1, -0.05) is 0 Å². The lowest BCUT2D eigenvalue weighted by Crippen LogP contribution is -2.57. The number of aldehydes is 1. The molecule has 0 spiro atoms. The molecule has 0 amide bonds. The van der Waals surface area contributed by atoms with Crippen LogP contribution in [0.2, 0.25) is 0 Å². The predicted molar refractivity (Wildman–Crippen MR) is 60.0 cm³/mol. The molecule has 0 saturated carbocycles. The average Bonchev–Trinajstić information content (AvgIpc) is 2.46. The summed E-state index contributed by atoms with van der Waals surface area (Å²) in [6.45, 7) is 0. The number of methoxy groups -OCH3 is 1. The number of carbonyl (C=O) groups is 2. The molecule has 0 N–H and O–H groups in total. The van der Waals surface area contributed by atoms with Gasteiger partial charge in [-0.3, -0.25) is 4.79 Å². The van der Waals surface area contributed by atoms with Crippen LogP contribution in [0.5, 0.6) is 11.5 Å². The summed E-state index contributed by atoms with van der Waals surface area (Å²) in [6.07, 6.45) is -6.36. The van der Waals surface area contributed by atoms with E-state index in [4.69, 9.17) is 0 Å². The molecule has 0 fully saturated rings. The van der Waals surface area contributed by atoms with E-state index >= 15 is 0 Å². The van der Waals surface area contributed by atoms with E-state index in [-0.39, 0.29) is 5.56 Å². The van der Waals surface area contributed by atoms with Crippen LogP contribution < -0.4 is 9.47 Å². The van der Waals surface area contributed by atoms with E-state index in [0.717, 1.165) is 25.3 Å². The number of benzene rings is 1. The van der Waals surface area contributed by atoms with Crippen LogP contribution in [0.15, 0.2) is 18.2 Å². The summed E-state index contributed by atoms with van der Waals surface area (Å²) in [4.78, 5) is 21.6. The van der Waals surface area contributed by atoms with Gasteiger partial charge in [-0.15, -0.1) is 0 Å². The molecule has 0 atom stereocenters. The lowest BCUT2D eigenvalue weighted by Gasteiger charge is -2.26. The highest BCUT2D eigenvalue weighted by Gasteiger charge is 2.77. The SMILES string of the molecule is COc1cc(C=O)ccc1OC(=O)C(F)(F)C(F)(F)C(F)(F)F. The molecule has 0 aliphatic heterocycles. The van der Waals surface area contributed by atoms with Gasteiger partial charge in [0.1, 0.15) is 6.29 Å². The fourth-order valence-corrected chi connectivity index (χ4v) is 1.31. The van der Waals surface area contributed by atoms with E-state index in [9.17, 15) is 40.3 Å². The maximum Gasteiger partial charge on any atom is 0.460 e. The third-order valence-electron chi connectivity index (χ3n) is 2.53. The van der Waals surface area contributed by atoms with Crippen molar-refractivity contribution >= 4 is 12.3 Å². The van der Waals surface area contributed by atoms with E-state index < -0.39 is 35.5 Å². The molecule has 0 bridgehead atoms. The van der Waals surface area contributed by atoms with Gasteiger partial charge in [0.15, 0.2) is 11.5 Å². The summed E-state index contributed by atoms with van der Waals surface area (Å²) >= 11 is 0. The Morgan fingerprint density at radius 2 is 1.61 bits per heavy atom. The molecule has 1 aromatic rings. The third kappa shape index (κ3) is 3.37. The lowest BCUT2D eigenvalue weighted by atomic mass is 10.1. The topological polar surface area (TPSA) is 52.6 Å². The van der Waals surface area contributed by atoms with Gasteiger partial charge in [-0.05, 0) is 18.2 Å². The van der Waals surface area contributed by atoms with Gasteiger partial charge >= 0.3 is 24.0 Å². The number of ether oxygens (including phenoxy) is 2. The van der Waals surface area contributed by atoms with Gasteiger partial charge in [0, 0.05) is 5.56 Å². The number of rotatable bonds is 5. The summed E-state index contributed by atoms with van der Waals surface area (Å²) in [5.41, 5.74) is -0.0472. The van der Waals surface area contributed by atoms with Gasteiger partial charge < -0.3 is 9.47 Å². The molecule has 4 nitrogen and oxygen atoms in total. The quantitative estimate of drug-likeness (QED) is 0.355. The molecular weight excluding hydrogens is 341 g/mol. The zero-order chi connectivity index (χ0) is 18.1. The molecule has 0 aliphatic rings. The van der Waals surface area contributed by atoms with Crippen LogP contribution in [0.4, 0.5) is 30.7 Å². The maximum absolute atomic E-state index is 13.1. The molecule has 0 unspecified atom stereocenters. The maximum atomic E-state index is 13.1. The van der Waals surface area contributed by atoms with Crippen molar-refractivity contribution in [2.24, 2.45) is 0 Å². The molecule has 1 rings (SSSR count). The number of esters is 1. The van der Waals surface area contributed by atoms with Gasteiger partial charge in [0.2, 0.25) is 0 Å². The minimum Gasteiger partial charge on any atom is -0.493 e. The van der Waals surface area contributed by atoms with Crippen LogP contribution in [-0.4, -0.2) is 37.4 Å². The number of hydrogen-bond donors (Lipinski definition) is 0. The first-order valence-corrected chi connectivity index (χ1v) is 5.56. The highest BCUT2D eigenvalue weighted by Crippen LogP contribution is 2.47. The summed E-state index contributed by atoms with van der Waals surface area (Å²) < 4.78 is 96.0. The van der Waals surface area contributed by atoms with E-state index in [1.54, 1.807) is 0 Å². The van der Waals surface area contributed by atoms with E-state index in [1.807, 2.05) is 0 Å². The smallest absolute Gasteiger partial charge is 0.460 e. The molecule has 0 saturated heterocycles. The number of carbonyl (C=O) groups excluding carboxylic acids is 2. The summed E-state index contributed by atoms with van der Waals surface area (Å²) in [5.74, 6) is -17.3. The monoisotopic (exact) mass is 348 g/mol. The molecule has 0 aliphatic carbocycles. The van der Waals surface area contributed by atoms with Crippen LogP contribution in [0.3, 0.4) is 0 Å². The molecule has 0 radical (unpaired) electrons. The van der Waals surface area contributed by atoms with Crippen LogP contribution in [-0.2, 0) is 4.79 Å². The van der Waals surface area contributed by atoms with Crippen molar-refractivity contribution in [3.05, 3.63) is 23.8 Å². The zero-order valence-corrected chi connectivity index (χ0v) is 11.1. The Morgan fingerprint density at radius 1 is 1.04 bits per heavy atom. The Hall–Kier alpha value is -2.33. The van der Waals surface area contributed by atoms with Crippen LogP contribution in [0.25, 0.3) is 0 Å². The molecule has 0 aromatic heterocycles. The lowest BCUT2D eigenvalue weighted by molar-refractivity contribution is -0.346. The molecule has 0 heterocycles. The minimum atomic E-state index is -6.67. The third-order valence-corrected chi connectivity index (χ3v) is 2.53. The van der Waals surface area contributed by atoms with E-state index in [1.165, 1.54) is 0 Å². The number of alkyl halides is 7. The Balaban J connectivity index is 3.15. The van der Waals surface area contributed by atoms with Crippen molar-refractivity contribution in [2.45, 2.75) is 18.0 Å². The molecule has 23 heavy (non-hydrogen) atoms. The first-order valence-electron chi connectivity index (χ1n) is 5.56. The second-order valence-electron chi connectivity index (χ2n) is 4.06. The van der Waals surface area contributed by atoms with Crippen molar-refractivity contribution < 1.29 is 49.8 Å². The molecular formula is C12H7F7O4. The van der Waals surface area contributed by atoms with Crippen LogP contribution in [0.1, 0.15) is 10.4 Å². The largest absolute Gasteiger partial charge is 0.493 e. The van der Waals surface area contributed by atoms with Crippen molar-refractivity contribution in [3.63, 3.8) is 0 Å². The fourth-order valence-electron chi connectivity index (χ4n) is 1.31. The number of hydrogen-bond acceptors (Lipinski definition) is 4. The second kappa shape index (κ2) is 6.05. The number of halogens is 7. The average molecular weight is 348 g/mol. The first kappa shape index (κ1) is 18.7. The van der Waals surface area contributed by atoms with E-state index in [2.05, 4.69) is 9.47 Å². The van der Waals surface area contributed by atoms with Crippen molar-refractivity contribution in [2.75, 3.05) is 7.11 Å². The van der Waals surface area contributed by atoms with Crippen molar-refractivity contribution in [3.8, 4) is 11.5 Å². The zero-order valence-electron chi connectivity index (χ0n) is 11.1. The second-order valence-corrected chi connectivity index (χ2v) is 4.06. The van der Waals surface area contributed by atoms with E-state index in [0.29, 0.717) is 6.29 Å². The highest BCUT2D eigenvalue weighted by molar-refractivity contribution is 5.83. The molecule has 11 heteroatoms. The minimum absolute atomic E-state index is 0.0472. The van der Waals surface area contributed by atoms with Crippen LogP contribution >= 0.6 is 0 Å². The summed E-state index contributed by atoms with van der Waals surface area (Å²) in [5, 5.41) is 0. The Labute approximate surface area is 123 Å². The van der Waals surface area contributed by atoms with Gasteiger partial charge in [0.05, 0.1) is 7.11 Å². The summed E-state index contributed by atoms with van der Waals surface area (Å²) in [6, 6.07) is 2.57. The highest BCUT2D eigenvalue weighted by atomic mass is 19.4. The van der Waals surface area contributed by atoms with Crippen molar-refractivity contribution in [1.29, 1.82) is 0 Å². The first-order chi connectivity index (χ1) is 10.4. The standard InChI is InChI=1S/C12H7F7O4/c1-22-8-4-6(5-20)2-3-7(8)23-9(21)10(13,14)11(15,16)12(17,18)19/h2-5H,1H3. The van der Waals surface area contributed by atoms with Crippen molar-refractivity contribution in [1.82, 2.24) is 0 Å². The Bertz CT molecular complexity index is 610. The predicted octanol–water partition coefficient (Wildman–Crippen LogP) is 3.25. The molecule has 128 valence electrons. The Morgan fingerprint density at radius 3 is 2.04 bits per heavy atom. The van der Waals surface area contributed by atoms with Crippen LogP contribution in [0, 0.1) is 0 Å². The normalized spacial score (nSPS) is 12.7. The van der Waals surface area contributed by atoms with Gasteiger partial charge in [0.25, 0.3) is 0 Å². The molecule has 1 aromatic carbocycles. The Kier molecular flexibility index (Phi) is 4.92.